The van der Waals surface area contributed by atoms with Crippen molar-refractivity contribution < 1.29 is 4.79 Å². The average Bonchev–Trinajstić information content (AvgIpc) is 2.40. The van der Waals surface area contributed by atoms with E-state index in [-0.39, 0.29) is 11.4 Å². The van der Waals surface area contributed by atoms with Crippen molar-refractivity contribution in [2.75, 3.05) is 5.73 Å². The summed E-state index contributed by atoms with van der Waals surface area (Å²) >= 11 is 0. The molecule has 0 bridgehead atoms. The summed E-state index contributed by atoms with van der Waals surface area (Å²) in [6.07, 6.45) is 0.857. The first kappa shape index (κ1) is 12.5. The smallest absolute Gasteiger partial charge is 0.272 e. The molecular formula is C11H20N4O. The van der Waals surface area contributed by atoms with Crippen molar-refractivity contribution in [2.24, 2.45) is 7.05 Å². The first-order valence-electron chi connectivity index (χ1n) is 5.40. The first-order chi connectivity index (χ1) is 7.28. The Morgan fingerprint density at radius 3 is 2.50 bits per heavy atom. The SMILES string of the molecule is CCC(C)(C)NC(=O)c1c(N)c(C)nn1C. The van der Waals surface area contributed by atoms with E-state index in [1.807, 2.05) is 20.8 Å². The number of carbonyl (C=O) groups excluding carboxylic acids is 1. The van der Waals surface area contributed by atoms with Crippen LogP contribution in [0.4, 0.5) is 5.69 Å². The topological polar surface area (TPSA) is 72.9 Å². The summed E-state index contributed by atoms with van der Waals surface area (Å²) in [5.74, 6) is -0.174. The number of anilines is 1. The number of nitrogens with two attached hydrogens (primary N) is 1. The average molecular weight is 224 g/mol. The van der Waals surface area contributed by atoms with Gasteiger partial charge in [-0.15, -0.1) is 0 Å². The van der Waals surface area contributed by atoms with Crippen molar-refractivity contribution in [2.45, 2.75) is 39.7 Å². The molecule has 90 valence electrons. The third kappa shape index (κ3) is 2.35. The third-order valence-corrected chi connectivity index (χ3v) is 2.82. The van der Waals surface area contributed by atoms with Crippen LogP contribution in [0, 0.1) is 6.92 Å². The van der Waals surface area contributed by atoms with Crippen LogP contribution in [0.15, 0.2) is 0 Å². The second kappa shape index (κ2) is 4.15. The fourth-order valence-corrected chi connectivity index (χ4v) is 1.40. The van der Waals surface area contributed by atoms with Crippen molar-refractivity contribution >= 4 is 11.6 Å². The van der Waals surface area contributed by atoms with Crippen LogP contribution < -0.4 is 11.1 Å². The molecule has 1 aromatic rings. The fourth-order valence-electron chi connectivity index (χ4n) is 1.40. The molecule has 0 fully saturated rings. The number of rotatable bonds is 3. The zero-order chi connectivity index (χ0) is 12.5. The Kier molecular flexibility index (Phi) is 3.26. The molecule has 0 aliphatic carbocycles. The van der Waals surface area contributed by atoms with Crippen LogP contribution >= 0.6 is 0 Å². The summed E-state index contributed by atoms with van der Waals surface area (Å²) in [5.41, 5.74) is 7.15. The lowest BCUT2D eigenvalue weighted by Gasteiger charge is -2.24. The molecule has 0 aliphatic rings. The molecule has 16 heavy (non-hydrogen) atoms. The normalized spacial score (nSPS) is 11.6. The number of carbonyl (C=O) groups is 1. The molecule has 0 atom stereocenters. The number of hydrogen-bond acceptors (Lipinski definition) is 3. The fraction of sp³-hybridized carbons (Fsp3) is 0.636. The Morgan fingerprint density at radius 2 is 2.12 bits per heavy atom. The van der Waals surface area contributed by atoms with Crippen LogP contribution in [-0.4, -0.2) is 21.2 Å². The van der Waals surface area contributed by atoms with Crippen LogP contribution in [0.25, 0.3) is 0 Å². The number of aromatic nitrogens is 2. The lowest BCUT2D eigenvalue weighted by molar-refractivity contribution is 0.0902. The van der Waals surface area contributed by atoms with Gasteiger partial charge in [0.05, 0.1) is 11.4 Å². The van der Waals surface area contributed by atoms with E-state index in [2.05, 4.69) is 10.4 Å². The monoisotopic (exact) mass is 224 g/mol. The van der Waals surface area contributed by atoms with Gasteiger partial charge in [-0.1, -0.05) is 6.92 Å². The molecule has 0 saturated carbocycles. The van der Waals surface area contributed by atoms with Gasteiger partial charge < -0.3 is 11.1 Å². The van der Waals surface area contributed by atoms with Gasteiger partial charge in [0.25, 0.3) is 5.91 Å². The summed E-state index contributed by atoms with van der Waals surface area (Å²) in [7, 11) is 1.72. The van der Waals surface area contributed by atoms with Crippen LogP contribution in [0.1, 0.15) is 43.4 Å². The van der Waals surface area contributed by atoms with Crippen molar-refractivity contribution in [3.8, 4) is 0 Å². The highest BCUT2D eigenvalue weighted by atomic mass is 16.2. The van der Waals surface area contributed by atoms with E-state index < -0.39 is 0 Å². The highest BCUT2D eigenvalue weighted by molar-refractivity contribution is 5.98. The quantitative estimate of drug-likeness (QED) is 0.811. The Morgan fingerprint density at radius 1 is 1.56 bits per heavy atom. The lowest BCUT2D eigenvalue weighted by atomic mass is 10.0. The Balaban J connectivity index is 2.98. The minimum Gasteiger partial charge on any atom is -0.395 e. The molecule has 0 spiro atoms. The minimum atomic E-state index is -0.234. The van der Waals surface area contributed by atoms with Gasteiger partial charge in [0.1, 0.15) is 5.69 Å². The molecular weight excluding hydrogens is 204 g/mol. The number of nitrogen functional groups attached to an aromatic ring is 1. The second-order valence-electron chi connectivity index (χ2n) is 4.66. The molecule has 0 saturated heterocycles. The Hall–Kier alpha value is -1.52. The van der Waals surface area contributed by atoms with E-state index in [4.69, 9.17) is 5.73 Å². The van der Waals surface area contributed by atoms with Crippen molar-refractivity contribution in [3.63, 3.8) is 0 Å². The summed E-state index contributed by atoms with van der Waals surface area (Å²) in [6.45, 7) is 7.77. The molecule has 3 N–H and O–H groups in total. The Labute approximate surface area is 96.0 Å². The van der Waals surface area contributed by atoms with Crippen LogP contribution in [0.5, 0.6) is 0 Å². The predicted octanol–water partition coefficient (Wildman–Crippen LogP) is 1.23. The molecule has 5 heteroatoms. The largest absolute Gasteiger partial charge is 0.395 e. The molecule has 1 aromatic heterocycles. The Bertz CT molecular complexity index is 406. The predicted molar refractivity (Wildman–Crippen MR) is 64.2 cm³/mol. The van der Waals surface area contributed by atoms with Crippen molar-refractivity contribution in [1.29, 1.82) is 0 Å². The zero-order valence-corrected chi connectivity index (χ0v) is 10.6. The lowest BCUT2D eigenvalue weighted by Crippen LogP contribution is -2.43. The van der Waals surface area contributed by atoms with Gasteiger partial charge in [-0.05, 0) is 27.2 Å². The van der Waals surface area contributed by atoms with Gasteiger partial charge in [0.15, 0.2) is 0 Å². The van der Waals surface area contributed by atoms with Gasteiger partial charge >= 0.3 is 0 Å². The number of nitrogens with one attached hydrogen (secondary N) is 1. The highest BCUT2D eigenvalue weighted by Gasteiger charge is 2.23. The highest BCUT2D eigenvalue weighted by Crippen LogP contribution is 2.17. The summed E-state index contributed by atoms with van der Waals surface area (Å²) < 4.78 is 1.52. The minimum absolute atomic E-state index is 0.174. The van der Waals surface area contributed by atoms with Gasteiger partial charge in [0, 0.05) is 12.6 Å². The third-order valence-electron chi connectivity index (χ3n) is 2.82. The second-order valence-corrected chi connectivity index (χ2v) is 4.66. The van der Waals surface area contributed by atoms with E-state index in [0.29, 0.717) is 17.1 Å². The molecule has 0 aromatic carbocycles. The van der Waals surface area contributed by atoms with Crippen molar-refractivity contribution in [3.05, 3.63) is 11.4 Å². The number of amides is 1. The molecule has 5 nitrogen and oxygen atoms in total. The zero-order valence-electron chi connectivity index (χ0n) is 10.6. The molecule has 1 amide bonds. The van der Waals surface area contributed by atoms with Gasteiger partial charge in [-0.3, -0.25) is 9.48 Å². The number of aryl methyl sites for hydroxylation is 2. The summed E-state index contributed by atoms with van der Waals surface area (Å²) in [6, 6.07) is 0. The van der Waals surface area contributed by atoms with Gasteiger partial charge in [-0.2, -0.15) is 5.10 Å². The van der Waals surface area contributed by atoms with Crippen LogP contribution in [-0.2, 0) is 7.05 Å². The standard InChI is InChI=1S/C11H20N4O/c1-6-11(3,4)13-10(16)9-8(12)7(2)14-15(9)5/h6,12H2,1-5H3,(H,13,16). The number of hydrogen-bond donors (Lipinski definition) is 2. The van der Waals surface area contributed by atoms with Gasteiger partial charge in [0.2, 0.25) is 0 Å². The van der Waals surface area contributed by atoms with Crippen LogP contribution in [0.2, 0.25) is 0 Å². The molecule has 1 heterocycles. The van der Waals surface area contributed by atoms with E-state index in [1.54, 1.807) is 14.0 Å². The molecule has 0 unspecified atom stereocenters. The van der Waals surface area contributed by atoms with E-state index in [0.717, 1.165) is 6.42 Å². The number of nitrogens with zero attached hydrogens (tertiary/aromatic N) is 2. The van der Waals surface area contributed by atoms with Crippen molar-refractivity contribution in [1.82, 2.24) is 15.1 Å². The van der Waals surface area contributed by atoms with E-state index in [1.165, 1.54) is 4.68 Å². The molecule has 0 radical (unpaired) electrons. The first-order valence-corrected chi connectivity index (χ1v) is 5.40. The molecule has 0 aliphatic heterocycles. The van der Waals surface area contributed by atoms with Crippen LogP contribution in [0.3, 0.4) is 0 Å². The summed E-state index contributed by atoms with van der Waals surface area (Å²) in [5, 5.41) is 7.06. The maximum Gasteiger partial charge on any atom is 0.272 e. The van der Waals surface area contributed by atoms with E-state index in [9.17, 15) is 4.79 Å². The molecule has 1 rings (SSSR count). The van der Waals surface area contributed by atoms with E-state index >= 15 is 0 Å². The maximum absolute atomic E-state index is 12.0. The summed E-state index contributed by atoms with van der Waals surface area (Å²) in [4.78, 5) is 12.0. The van der Waals surface area contributed by atoms with Gasteiger partial charge in [-0.25, -0.2) is 0 Å². The maximum atomic E-state index is 12.0.